The molecule has 0 bridgehead atoms. The van der Waals surface area contributed by atoms with Crippen molar-refractivity contribution in [2.24, 2.45) is 5.73 Å². The Morgan fingerprint density at radius 1 is 0.898 bits per heavy atom. The predicted octanol–water partition coefficient (Wildman–Crippen LogP) is 4.14. The molecule has 6 rings (SSSR count). The van der Waals surface area contributed by atoms with Gasteiger partial charge in [-0.25, -0.2) is 4.98 Å². The number of hydrogen-bond acceptors (Lipinski definition) is 11. The number of primary amides is 1. The molecule has 2 heterocycles. The number of fused-ring (bicyclic) bond motifs is 2. The zero-order valence-corrected chi connectivity index (χ0v) is 32.8. The highest BCUT2D eigenvalue weighted by atomic mass is 16.5. The van der Waals surface area contributed by atoms with E-state index in [2.05, 4.69) is 20.9 Å². The van der Waals surface area contributed by atoms with E-state index in [-0.39, 0.29) is 53.2 Å². The molecule has 1 aromatic heterocycles. The highest BCUT2D eigenvalue weighted by Gasteiger charge is 2.45. The van der Waals surface area contributed by atoms with E-state index in [4.69, 9.17) is 15.2 Å². The molecule has 3 aromatic carbocycles. The molecule has 1 unspecified atom stereocenters. The van der Waals surface area contributed by atoms with Crippen molar-refractivity contribution >= 4 is 69.8 Å². The smallest absolute Gasteiger partial charge is 0.264 e. The lowest BCUT2D eigenvalue weighted by Crippen LogP contribution is -2.47. The molecule has 0 spiro atoms. The summed E-state index contributed by atoms with van der Waals surface area (Å²) in [5.74, 6) is -2.54. The molecule has 1 atom stereocenters. The first-order valence-electron chi connectivity index (χ1n) is 19.7. The number of carbonyl (C=O) groups excluding carboxylic acids is 7. The largest absolute Gasteiger partial charge is 0.384 e. The number of ketones is 2. The molecule has 2 aliphatic rings. The Kier molecular flexibility index (Phi) is 14.1. The number of benzene rings is 3. The molecule has 59 heavy (non-hydrogen) atoms. The van der Waals surface area contributed by atoms with Crippen molar-refractivity contribution < 1.29 is 43.0 Å². The number of nitrogens with two attached hydrogens (primary N) is 1. The molecular formula is C43H47N7O9. The van der Waals surface area contributed by atoms with Gasteiger partial charge in [0.15, 0.2) is 5.78 Å². The van der Waals surface area contributed by atoms with Crippen LogP contribution in [0, 0.1) is 0 Å². The Hall–Kier alpha value is -6.52. The van der Waals surface area contributed by atoms with Crippen molar-refractivity contribution in [1.82, 2.24) is 19.8 Å². The minimum absolute atomic E-state index is 0.156. The number of imide groups is 1. The molecule has 1 aliphatic heterocycles. The number of hydrogen-bond donors (Lipinski definition) is 4. The molecule has 16 nitrogen and oxygen atoms in total. The zero-order valence-electron chi connectivity index (χ0n) is 32.8. The lowest BCUT2D eigenvalue weighted by Gasteiger charge is -2.27. The Morgan fingerprint density at radius 3 is 2.39 bits per heavy atom. The molecular weight excluding hydrogens is 759 g/mol. The van der Waals surface area contributed by atoms with Crippen LogP contribution in [-0.2, 0) is 30.4 Å². The van der Waals surface area contributed by atoms with Gasteiger partial charge in [0, 0.05) is 62.2 Å². The van der Waals surface area contributed by atoms with E-state index >= 15 is 0 Å². The summed E-state index contributed by atoms with van der Waals surface area (Å²) in [7, 11) is 0. The van der Waals surface area contributed by atoms with Gasteiger partial charge in [-0.3, -0.25) is 43.8 Å². The van der Waals surface area contributed by atoms with Gasteiger partial charge >= 0.3 is 0 Å². The lowest BCUT2D eigenvalue weighted by atomic mass is 9.92. The summed E-state index contributed by atoms with van der Waals surface area (Å²) in [6.07, 6.45) is 5.25. The number of amides is 5. The number of aromatic nitrogens is 2. The first-order valence-corrected chi connectivity index (χ1v) is 19.7. The van der Waals surface area contributed by atoms with Crippen molar-refractivity contribution in [3.8, 4) is 0 Å². The van der Waals surface area contributed by atoms with Crippen molar-refractivity contribution in [2.75, 3.05) is 50.2 Å². The number of Topliss-reactive ketones (excluding diaryl/α,β-unsaturated/α-hetero) is 2. The molecule has 0 radical (unpaired) electrons. The molecule has 308 valence electrons. The van der Waals surface area contributed by atoms with Crippen LogP contribution in [0.1, 0.15) is 92.4 Å². The average Bonchev–Trinajstić information content (AvgIpc) is 3.69. The predicted molar refractivity (Wildman–Crippen MR) is 219 cm³/mol. The van der Waals surface area contributed by atoms with Crippen LogP contribution in [0.25, 0.3) is 17.1 Å². The van der Waals surface area contributed by atoms with Gasteiger partial charge in [0.25, 0.3) is 17.7 Å². The van der Waals surface area contributed by atoms with Crippen LogP contribution in [0.15, 0.2) is 66.7 Å². The minimum atomic E-state index is -0.911. The fraction of sp³-hybridized carbons (Fsp3) is 0.349. The number of ether oxygens (including phenoxy) is 2. The van der Waals surface area contributed by atoms with E-state index in [9.17, 15) is 33.6 Å². The van der Waals surface area contributed by atoms with Crippen molar-refractivity contribution in [3.05, 3.63) is 94.6 Å². The van der Waals surface area contributed by atoms with Gasteiger partial charge in [-0.2, -0.15) is 0 Å². The monoisotopic (exact) mass is 805 g/mol. The van der Waals surface area contributed by atoms with Crippen LogP contribution < -0.4 is 21.7 Å². The summed E-state index contributed by atoms with van der Waals surface area (Å²) in [4.78, 5) is 93.1. The van der Waals surface area contributed by atoms with Crippen molar-refractivity contribution in [1.29, 1.82) is 0 Å². The molecule has 0 saturated heterocycles. The summed E-state index contributed by atoms with van der Waals surface area (Å²) in [5, 5.41) is 8.89. The van der Waals surface area contributed by atoms with Gasteiger partial charge < -0.3 is 30.4 Å². The van der Waals surface area contributed by atoms with E-state index in [0.29, 0.717) is 76.1 Å². The third-order valence-electron chi connectivity index (χ3n) is 9.90. The molecule has 1 saturated carbocycles. The van der Waals surface area contributed by atoms with Crippen molar-refractivity contribution in [2.45, 2.75) is 58.0 Å². The summed E-state index contributed by atoms with van der Waals surface area (Å²) >= 11 is 0. The van der Waals surface area contributed by atoms with Crippen LogP contribution >= 0.6 is 0 Å². The van der Waals surface area contributed by atoms with E-state index in [1.807, 2.05) is 29.7 Å². The number of imidazole rings is 1. The molecule has 16 heteroatoms. The second-order valence-corrected chi connectivity index (χ2v) is 14.2. The SMILES string of the molecule is CCCn1c(NC(=O)c2cccc(C(N)=O)c2)nc2cc(/C=C/C(=O)NCCCOCCOCCCNc3cccc4c3C(=O)N(C3CCC(=O)CC3=O)C4=O)ccc21. The number of rotatable bonds is 20. The van der Waals surface area contributed by atoms with Crippen LogP contribution in [-0.4, -0.2) is 101 Å². The Bertz CT molecular complexity index is 2300. The average molecular weight is 806 g/mol. The number of nitrogens with zero attached hydrogens (tertiary/aromatic N) is 3. The Morgan fingerprint density at radius 2 is 1.64 bits per heavy atom. The van der Waals surface area contributed by atoms with E-state index < -0.39 is 35.5 Å². The molecule has 4 aromatic rings. The summed E-state index contributed by atoms with van der Waals surface area (Å²) in [6.45, 7) is 5.20. The maximum atomic E-state index is 13.3. The third kappa shape index (κ3) is 10.3. The van der Waals surface area contributed by atoms with E-state index in [0.717, 1.165) is 22.4 Å². The highest BCUT2D eigenvalue weighted by molar-refractivity contribution is 6.25. The number of anilines is 2. The quantitative estimate of drug-likeness (QED) is 0.0430. The number of aryl methyl sites for hydroxylation is 1. The summed E-state index contributed by atoms with van der Waals surface area (Å²) in [6, 6.07) is 15.8. The highest BCUT2D eigenvalue weighted by Crippen LogP contribution is 2.33. The minimum Gasteiger partial charge on any atom is -0.384 e. The summed E-state index contributed by atoms with van der Waals surface area (Å²) in [5.41, 5.74) is 9.11. The van der Waals surface area contributed by atoms with Crippen LogP contribution in [0.3, 0.4) is 0 Å². The molecule has 5 amide bonds. The molecule has 1 aliphatic carbocycles. The first kappa shape index (κ1) is 42.1. The normalized spacial score (nSPS) is 15.3. The lowest BCUT2D eigenvalue weighted by molar-refractivity contribution is -0.132. The first-order chi connectivity index (χ1) is 28.5. The van der Waals surface area contributed by atoms with Crippen LogP contribution in [0.4, 0.5) is 11.6 Å². The Balaban J connectivity index is 0.855. The fourth-order valence-electron chi connectivity index (χ4n) is 6.99. The van der Waals surface area contributed by atoms with Gasteiger partial charge in [-0.1, -0.05) is 25.1 Å². The fourth-order valence-corrected chi connectivity index (χ4v) is 6.99. The maximum Gasteiger partial charge on any atom is 0.264 e. The molecule has 1 fully saturated rings. The van der Waals surface area contributed by atoms with E-state index in [1.54, 1.807) is 42.5 Å². The second-order valence-electron chi connectivity index (χ2n) is 14.2. The van der Waals surface area contributed by atoms with Crippen LogP contribution in [0.2, 0.25) is 0 Å². The van der Waals surface area contributed by atoms with Gasteiger partial charge in [-0.05, 0) is 79.8 Å². The Labute approximate surface area is 340 Å². The number of carbonyl (C=O) groups is 7. The van der Waals surface area contributed by atoms with Gasteiger partial charge in [0.1, 0.15) is 5.78 Å². The van der Waals surface area contributed by atoms with Gasteiger partial charge in [-0.15, -0.1) is 0 Å². The standard InChI is InChI=1S/C43H47N7O9/c1-2-19-49-34-14-11-27(24-33(34)47-43(49)48-40(55)29-8-3-7-28(25-29)39(44)54)12-16-37(53)46-18-6-21-59-23-22-58-20-5-17-45-32-10-4-9-31-38(32)42(57)50(41(31)56)35-15-13-30(51)26-36(35)52/h3-4,7-12,14,16,24-25,35,45H,2,5-6,13,15,17-23,26H2,1H3,(H2,44,54)(H,46,53)(H,47,48,55)/b16-12+. The topological polar surface area (TPSA) is 221 Å². The maximum absolute atomic E-state index is 13.3. The third-order valence-corrected chi connectivity index (χ3v) is 9.90. The van der Waals surface area contributed by atoms with Crippen LogP contribution in [0.5, 0.6) is 0 Å². The van der Waals surface area contributed by atoms with Gasteiger partial charge in [0.05, 0.1) is 47.8 Å². The number of nitrogens with one attached hydrogen (secondary N) is 3. The summed E-state index contributed by atoms with van der Waals surface area (Å²) < 4.78 is 13.2. The van der Waals surface area contributed by atoms with E-state index in [1.165, 1.54) is 12.1 Å². The zero-order chi connectivity index (χ0) is 41.9. The van der Waals surface area contributed by atoms with Gasteiger partial charge in [0.2, 0.25) is 17.8 Å². The second kappa shape index (κ2) is 19.8. The molecule has 5 N–H and O–H groups in total. The van der Waals surface area contributed by atoms with Crippen molar-refractivity contribution in [3.63, 3.8) is 0 Å².